The number of likely N-dealkylation sites (N-methyl/N-ethyl adjacent to an activating group) is 1. The van der Waals surface area contributed by atoms with Crippen molar-refractivity contribution < 1.29 is 32.8 Å². The molecule has 0 radical (unpaired) electrons. The second-order valence-corrected chi connectivity index (χ2v) is 14.0. The third-order valence-corrected chi connectivity index (χ3v) is 9.02. The van der Waals surface area contributed by atoms with Gasteiger partial charge in [-0.05, 0) is 18.3 Å². The fourth-order valence-electron chi connectivity index (χ4n) is 5.73. The van der Waals surface area contributed by atoms with Gasteiger partial charge in [0.2, 0.25) is 0 Å². The quantitative estimate of drug-likeness (QED) is 0.0718. The highest BCUT2D eigenvalue weighted by Gasteiger charge is 2.30. The van der Waals surface area contributed by atoms with E-state index < -0.39 is 7.82 Å². The largest absolute Gasteiger partial charge is 0.469 e. The van der Waals surface area contributed by atoms with Crippen molar-refractivity contribution in [2.75, 3.05) is 48.1 Å². The van der Waals surface area contributed by atoms with Gasteiger partial charge in [-0.1, -0.05) is 110 Å². The van der Waals surface area contributed by atoms with Crippen molar-refractivity contribution in [1.82, 2.24) is 0 Å². The average molecular weight is 565 g/mol. The van der Waals surface area contributed by atoms with E-state index in [9.17, 15) is 4.57 Å². The van der Waals surface area contributed by atoms with Gasteiger partial charge in [0.15, 0.2) is 0 Å². The summed E-state index contributed by atoms with van der Waals surface area (Å²) in [5.41, 5.74) is 0. The van der Waals surface area contributed by atoms with Gasteiger partial charge in [-0.15, -0.1) is 0 Å². The molecule has 2 unspecified atom stereocenters. The summed E-state index contributed by atoms with van der Waals surface area (Å²) in [6.07, 6.45) is 24.1. The molecule has 7 nitrogen and oxygen atoms in total. The van der Waals surface area contributed by atoms with Crippen LogP contribution in [-0.4, -0.2) is 74.5 Å². The van der Waals surface area contributed by atoms with Crippen molar-refractivity contribution in [2.24, 2.45) is 11.8 Å². The Morgan fingerprint density at radius 3 is 1.76 bits per heavy atom. The van der Waals surface area contributed by atoms with Gasteiger partial charge in [-0.2, -0.15) is 0 Å². The van der Waals surface area contributed by atoms with Gasteiger partial charge < -0.3 is 23.7 Å². The van der Waals surface area contributed by atoms with Gasteiger partial charge in [0.25, 0.3) is 0 Å². The lowest BCUT2D eigenvalue weighted by molar-refractivity contribution is -0.897. The number of hydrogen-bond acceptors (Lipinski definition) is 4. The normalized spacial score (nSPS) is 20.5. The number of methoxy groups -OCH3 is 1. The Morgan fingerprint density at radius 2 is 1.29 bits per heavy atom. The number of phosphoric ester groups is 1. The van der Waals surface area contributed by atoms with Crippen LogP contribution >= 0.6 is 7.82 Å². The molecule has 2 atom stereocenters. The zero-order valence-corrected chi connectivity index (χ0v) is 26.5. The Morgan fingerprint density at radius 1 is 0.789 bits per heavy atom. The van der Waals surface area contributed by atoms with Crippen LogP contribution in [0.15, 0.2) is 0 Å². The lowest BCUT2D eigenvalue weighted by atomic mass is 9.78. The molecule has 1 fully saturated rings. The molecule has 0 spiro atoms. The standard InChI is InChI=1S/C30H62NO6P/c1-6-7-8-9-11-14-17-27-19-21-28(22-20-27)18-15-12-10-13-16-23-36-26-30(35-5)24-29(31(2,3)4)25-37-38(32,33)34/h27-30H,6-26H2,1-5H3,(H-,32,33,34)/p+1. The van der Waals surface area contributed by atoms with E-state index in [1.165, 1.54) is 103 Å². The maximum Gasteiger partial charge on any atom is 0.469 e. The Balaban J connectivity index is 2.04. The molecule has 1 aliphatic carbocycles. The Hall–Kier alpha value is -0.0100. The molecule has 0 amide bonds. The molecule has 1 aliphatic rings. The van der Waals surface area contributed by atoms with Crippen molar-refractivity contribution in [2.45, 2.75) is 135 Å². The van der Waals surface area contributed by atoms with E-state index in [0.717, 1.165) is 24.9 Å². The summed E-state index contributed by atoms with van der Waals surface area (Å²) in [5, 5.41) is 0. The van der Waals surface area contributed by atoms with Crippen LogP contribution in [0.3, 0.4) is 0 Å². The van der Waals surface area contributed by atoms with Gasteiger partial charge in [-0.3, -0.25) is 4.52 Å². The molecule has 0 aliphatic heterocycles. The van der Waals surface area contributed by atoms with Crippen molar-refractivity contribution in [1.29, 1.82) is 0 Å². The average Bonchev–Trinajstić information content (AvgIpc) is 2.85. The summed E-state index contributed by atoms with van der Waals surface area (Å²) in [6, 6.07) is -0.105. The molecule has 228 valence electrons. The molecule has 2 N–H and O–H groups in total. The van der Waals surface area contributed by atoms with Crippen molar-refractivity contribution in [3.8, 4) is 0 Å². The number of rotatable bonds is 24. The zero-order valence-electron chi connectivity index (χ0n) is 25.6. The molecule has 0 saturated heterocycles. The molecule has 1 saturated carbocycles. The maximum atomic E-state index is 11.1. The maximum absolute atomic E-state index is 11.1. The predicted molar refractivity (Wildman–Crippen MR) is 157 cm³/mol. The van der Waals surface area contributed by atoms with Crippen LogP contribution in [-0.2, 0) is 18.6 Å². The van der Waals surface area contributed by atoms with Gasteiger partial charge in [0.05, 0.1) is 33.9 Å². The van der Waals surface area contributed by atoms with Crippen LogP contribution < -0.4 is 0 Å². The van der Waals surface area contributed by atoms with E-state index in [1.807, 2.05) is 21.1 Å². The molecule has 0 bridgehead atoms. The minimum atomic E-state index is -4.48. The van der Waals surface area contributed by atoms with Crippen LogP contribution in [0, 0.1) is 11.8 Å². The minimum absolute atomic E-state index is 0.0196. The van der Waals surface area contributed by atoms with Crippen LogP contribution in [0.2, 0.25) is 0 Å². The molecular weight excluding hydrogens is 501 g/mol. The lowest BCUT2D eigenvalue weighted by Crippen LogP contribution is -2.49. The van der Waals surface area contributed by atoms with E-state index in [4.69, 9.17) is 23.8 Å². The monoisotopic (exact) mass is 564 g/mol. The fraction of sp³-hybridized carbons (Fsp3) is 1.00. The topological polar surface area (TPSA) is 85.2 Å². The first-order chi connectivity index (χ1) is 18.0. The van der Waals surface area contributed by atoms with Crippen LogP contribution in [0.1, 0.15) is 122 Å². The first-order valence-corrected chi connectivity index (χ1v) is 17.2. The van der Waals surface area contributed by atoms with Crippen LogP contribution in [0.4, 0.5) is 0 Å². The van der Waals surface area contributed by atoms with Crippen molar-refractivity contribution in [3.63, 3.8) is 0 Å². The highest BCUT2D eigenvalue weighted by atomic mass is 31.2. The summed E-state index contributed by atoms with van der Waals surface area (Å²) < 4.78 is 27.9. The molecule has 1 rings (SSSR count). The third kappa shape index (κ3) is 19.1. The summed E-state index contributed by atoms with van der Waals surface area (Å²) in [5.74, 6) is 1.99. The third-order valence-electron chi connectivity index (χ3n) is 8.54. The second kappa shape index (κ2) is 20.8. The molecule has 0 aromatic heterocycles. The first-order valence-electron chi connectivity index (χ1n) is 15.7. The summed E-state index contributed by atoms with van der Waals surface area (Å²) in [7, 11) is 3.14. The highest BCUT2D eigenvalue weighted by molar-refractivity contribution is 7.46. The van der Waals surface area contributed by atoms with Crippen molar-refractivity contribution in [3.05, 3.63) is 0 Å². The Labute approximate surface area is 235 Å². The van der Waals surface area contributed by atoms with Gasteiger partial charge in [0.1, 0.15) is 12.6 Å². The Bertz CT molecular complexity index is 600. The SMILES string of the molecule is CCCCCCCCC1CCC(CCCCCCCOCC(CC(COP(=O)(O)O)[N+](C)(C)C)OC)CC1. The highest BCUT2D eigenvalue weighted by Crippen LogP contribution is 2.37. The Kier molecular flexibility index (Phi) is 19.7. The van der Waals surface area contributed by atoms with Gasteiger partial charge in [0, 0.05) is 20.1 Å². The zero-order chi connectivity index (χ0) is 28.3. The summed E-state index contributed by atoms with van der Waals surface area (Å²) in [6.45, 7) is 3.50. The second-order valence-electron chi connectivity index (χ2n) is 12.7. The number of hydrogen-bond donors (Lipinski definition) is 2. The predicted octanol–water partition coefficient (Wildman–Crippen LogP) is 7.49. The fourth-order valence-corrected chi connectivity index (χ4v) is 6.10. The molecule has 8 heteroatoms. The smallest absolute Gasteiger partial charge is 0.379 e. The van der Waals surface area contributed by atoms with E-state index in [2.05, 4.69) is 6.92 Å². The summed E-state index contributed by atoms with van der Waals surface area (Å²) in [4.78, 5) is 18.1. The number of ether oxygens (including phenoxy) is 2. The minimum Gasteiger partial charge on any atom is -0.379 e. The van der Waals surface area contributed by atoms with Gasteiger partial charge in [-0.25, -0.2) is 4.57 Å². The molecule has 0 aromatic rings. The molecule has 38 heavy (non-hydrogen) atoms. The molecule has 0 heterocycles. The number of phosphoric acid groups is 1. The number of nitrogens with zero attached hydrogens (tertiary/aromatic N) is 1. The summed E-state index contributed by atoms with van der Waals surface area (Å²) >= 11 is 0. The molecular formula is C30H63NO6P+. The van der Waals surface area contributed by atoms with E-state index in [1.54, 1.807) is 7.11 Å². The van der Waals surface area contributed by atoms with Crippen LogP contribution in [0.25, 0.3) is 0 Å². The lowest BCUT2D eigenvalue weighted by Gasteiger charge is -2.35. The number of quaternary nitrogens is 1. The van der Waals surface area contributed by atoms with E-state index >= 15 is 0 Å². The van der Waals surface area contributed by atoms with Gasteiger partial charge >= 0.3 is 7.82 Å². The van der Waals surface area contributed by atoms with E-state index in [-0.39, 0.29) is 18.8 Å². The van der Waals surface area contributed by atoms with Crippen molar-refractivity contribution >= 4 is 7.82 Å². The first kappa shape index (κ1) is 36.0. The number of unbranched alkanes of at least 4 members (excludes halogenated alkanes) is 9. The van der Waals surface area contributed by atoms with E-state index in [0.29, 0.717) is 17.5 Å². The molecule has 0 aromatic carbocycles. The van der Waals surface area contributed by atoms with Crippen LogP contribution in [0.5, 0.6) is 0 Å².